The molecular weight excluding hydrogens is 259 g/mol. The summed E-state index contributed by atoms with van der Waals surface area (Å²) in [7, 11) is 0. The molecule has 0 fully saturated rings. The maximum Gasteiger partial charge on any atom is 0.0426 e. The van der Waals surface area contributed by atoms with Crippen molar-refractivity contribution in [3.05, 3.63) is 39.9 Å². The highest BCUT2D eigenvalue weighted by molar-refractivity contribution is 9.09. The average Bonchev–Trinajstić information content (AvgIpc) is 1.99. The summed E-state index contributed by atoms with van der Waals surface area (Å²) in [5, 5.41) is 2.16. The summed E-state index contributed by atoms with van der Waals surface area (Å²) in [6, 6.07) is 5.45. The van der Waals surface area contributed by atoms with Gasteiger partial charge in [-0.3, -0.25) is 0 Å². The first-order valence-corrected chi connectivity index (χ1v) is 5.28. The molecule has 0 atom stereocenters. The Morgan fingerprint density at radius 1 is 1.17 bits per heavy atom. The van der Waals surface area contributed by atoms with E-state index >= 15 is 0 Å². The summed E-state index contributed by atoms with van der Waals surface area (Å²) in [5.74, 6) is 0. The van der Waals surface area contributed by atoms with Gasteiger partial charge in [-0.15, -0.1) is 0 Å². The van der Waals surface area contributed by atoms with Crippen LogP contribution in [-0.4, -0.2) is 5.33 Å². The van der Waals surface area contributed by atoms with Crippen LogP contribution < -0.4 is 0 Å². The molecule has 0 saturated carbocycles. The SMILES string of the molecule is Clc1cc(Cl)cc(/C=C/CBr)c1. The van der Waals surface area contributed by atoms with E-state index in [1.54, 1.807) is 6.07 Å². The lowest BCUT2D eigenvalue weighted by Crippen LogP contribution is -1.73. The highest BCUT2D eigenvalue weighted by Crippen LogP contribution is 2.19. The third-order valence-electron chi connectivity index (χ3n) is 1.28. The second-order valence-electron chi connectivity index (χ2n) is 2.26. The van der Waals surface area contributed by atoms with Gasteiger partial charge in [0.25, 0.3) is 0 Å². The molecule has 1 rings (SSSR count). The molecule has 0 saturated heterocycles. The van der Waals surface area contributed by atoms with E-state index in [-0.39, 0.29) is 0 Å². The van der Waals surface area contributed by atoms with Crippen LogP contribution in [0.2, 0.25) is 10.0 Å². The molecule has 0 spiro atoms. The predicted molar refractivity (Wildman–Crippen MR) is 59.3 cm³/mol. The van der Waals surface area contributed by atoms with Crippen molar-refractivity contribution in [2.45, 2.75) is 0 Å². The van der Waals surface area contributed by atoms with Crippen LogP contribution in [0.5, 0.6) is 0 Å². The lowest BCUT2D eigenvalue weighted by atomic mass is 10.2. The Labute approximate surface area is 90.3 Å². The monoisotopic (exact) mass is 264 g/mol. The number of halogens is 3. The molecule has 12 heavy (non-hydrogen) atoms. The van der Waals surface area contributed by atoms with Crippen LogP contribution in [0.3, 0.4) is 0 Å². The molecule has 0 aliphatic rings. The smallest absolute Gasteiger partial charge is 0.0426 e. The van der Waals surface area contributed by atoms with Gasteiger partial charge in [0.05, 0.1) is 0 Å². The van der Waals surface area contributed by atoms with Crippen molar-refractivity contribution in [1.82, 2.24) is 0 Å². The molecule has 0 aliphatic heterocycles. The Kier molecular flexibility index (Phi) is 4.13. The molecule has 0 heterocycles. The minimum Gasteiger partial charge on any atom is -0.0883 e. The molecule has 1 aromatic carbocycles. The molecule has 0 aromatic heterocycles. The van der Waals surface area contributed by atoms with E-state index in [0.717, 1.165) is 10.9 Å². The van der Waals surface area contributed by atoms with Crippen LogP contribution in [0.25, 0.3) is 6.08 Å². The molecule has 0 unspecified atom stereocenters. The molecule has 0 amide bonds. The van der Waals surface area contributed by atoms with Crippen LogP contribution in [0, 0.1) is 0 Å². The summed E-state index contributed by atoms with van der Waals surface area (Å²) in [5.41, 5.74) is 1.02. The zero-order valence-corrected chi connectivity index (χ0v) is 9.33. The summed E-state index contributed by atoms with van der Waals surface area (Å²) in [6.45, 7) is 0. The van der Waals surface area contributed by atoms with Crippen LogP contribution in [0.4, 0.5) is 0 Å². The lowest BCUT2D eigenvalue weighted by molar-refractivity contribution is 1.65. The molecule has 64 valence electrons. The molecule has 3 heteroatoms. The van der Waals surface area contributed by atoms with Gasteiger partial charge in [-0.2, -0.15) is 0 Å². The first kappa shape index (κ1) is 10.1. The summed E-state index contributed by atoms with van der Waals surface area (Å²) in [4.78, 5) is 0. The molecule has 0 N–H and O–H groups in total. The van der Waals surface area contributed by atoms with E-state index in [0.29, 0.717) is 10.0 Å². The van der Waals surface area contributed by atoms with E-state index in [2.05, 4.69) is 15.9 Å². The van der Waals surface area contributed by atoms with Crippen molar-refractivity contribution in [2.24, 2.45) is 0 Å². The fourth-order valence-corrected chi connectivity index (χ4v) is 1.58. The Morgan fingerprint density at radius 2 is 1.75 bits per heavy atom. The molecule has 0 bridgehead atoms. The van der Waals surface area contributed by atoms with Crippen molar-refractivity contribution in [2.75, 3.05) is 5.33 Å². The summed E-state index contributed by atoms with van der Waals surface area (Å²) in [6.07, 6.45) is 3.95. The van der Waals surface area contributed by atoms with Crippen LogP contribution in [-0.2, 0) is 0 Å². The lowest BCUT2D eigenvalue weighted by Gasteiger charge is -1.96. The largest absolute Gasteiger partial charge is 0.0883 e. The fourth-order valence-electron chi connectivity index (χ4n) is 0.852. The van der Waals surface area contributed by atoms with Crippen molar-refractivity contribution < 1.29 is 0 Å². The quantitative estimate of drug-likeness (QED) is 0.696. The normalized spacial score (nSPS) is 10.9. The summed E-state index contributed by atoms with van der Waals surface area (Å²) < 4.78 is 0. The second-order valence-corrected chi connectivity index (χ2v) is 3.78. The number of alkyl halides is 1. The topological polar surface area (TPSA) is 0 Å². The highest BCUT2D eigenvalue weighted by atomic mass is 79.9. The highest BCUT2D eigenvalue weighted by Gasteiger charge is 1.93. The number of hydrogen-bond acceptors (Lipinski definition) is 0. The van der Waals surface area contributed by atoms with Gasteiger partial charge in [0.2, 0.25) is 0 Å². The Hall–Kier alpha value is 0.0200. The molecular formula is C9H7BrCl2. The Bertz CT molecular complexity index is 274. The van der Waals surface area contributed by atoms with Crippen LogP contribution in [0.1, 0.15) is 5.56 Å². The van der Waals surface area contributed by atoms with Gasteiger partial charge >= 0.3 is 0 Å². The van der Waals surface area contributed by atoms with E-state index < -0.39 is 0 Å². The van der Waals surface area contributed by atoms with Gasteiger partial charge in [-0.1, -0.05) is 51.3 Å². The third-order valence-corrected chi connectivity index (χ3v) is 2.09. The van der Waals surface area contributed by atoms with E-state index in [9.17, 15) is 0 Å². The summed E-state index contributed by atoms with van der Waals surface area (Å²) >= 11 is 14.9. The van der Waals surface area contributed by atoms with Crippen molar-refractivity contribution in [3.8, 4) is 0 Å². The van der Waals surface area contributed by atoms with Gasteiger partial charge in [-0.25, -0.2) is 0 Å². The number of hydrogen-bond donors (Lipinski definition) is 0. The van der Waals surface area contributed by atoms with Gasteiger partial charge in [0.15, 0.2) is 0 Å². The third kappa shape index (κ3) is 3.18. The predicted octanol–water partition coefficient (Wildman–Crippen LogP) is 4.40. The number of allylic oxidation sites excluding steroid dienone is 1. The Morgan fingerprint density at radius 3 is 2.25 bits per heavy atom. The first-order valence-electron chi connectivity index (χ1n) is 3.41. The Balaban J connectivity index is 2.93. The minimum atomic E-state index is 0.664. The van der Waals surface area contributed by atoms with E-state index in [4.69, 9.17) is 23.2 Å². The fraction of sp³-hybridized carbons (Fsp3) is 0.111. The van der Waals surface area contributed by atoms with Gasteiger partial charge < -0.3 is 0 Å². The average molecular weight is 266 g/mol. The molecule has 0 aliphatic carbocycles. The van der Waals surface area contributed by atoms with Crippen molar-refractivity contribution in [3.63, 3.8) is 0 Å². The number of rotatable bonds is 2. The second kappa shape index (κ2) is 4.90. The maximum absolute atomic E-state index is 5.80. The molecule has 0 nitrogen and oxygen atoms in total. The number of benzene rings is 1. The molecule has 1 aromatic rings. The zero-order valence-electron chi connectivity index (χ0n) is 6.23. The van der Waals surface area contributed by atoms with Gasteiger partial charge in [0.1, 0.15) is 0 Å². The maximum atomic E-state index is 5.80. The molecule has 0 radical (unpaired) electrons. The van der Waals surface area contributed by atoms with Crippen LogP contribution >= 0.6 is 39.1 Å². The standard InChI is InChI=1S/C9H7BrCl2/c10-3-1-2-7-4-8(11)6-9(12)5-7/h1-2,4-6H,3H2/b2-1+. The van der Waals surface area contributed by atoms with Crippen LogP contribution in [0.15, 0.2) is 24.3 Å². The van der Waals surface area contributed by atoms with Crippen molar-refractivity contribution in [1.29, 1.82) is 0 Å². The first-order chi connectivity index (χ1) is 5.72. The van der Waals surface area contributed by atoms with E-state index in [1.807, 2.05) is 24.3 Å². The van der Waals surface area contributed by atoms with Gasteiger partial charge in [0, 0.05) is 15.4 Å². The van der Waals surface area contributed by atoms with E-state index in [1.165, 1.54) is 0 Å². The van der Waals surface area contributed by atoms with Gasteiger partial charge in [-0.05, 0) is 23.8 Å². The van der Waals surface area contributed by atoms with Crippen molar-refractivity contribution >= 4 is 45.2 Å². The zero-order chi connectivity index (χ0) is 8.97. The minimum absolute atomic E-state index is 0.664.